The van der Waals surface area contributed by atoms with Gasteiger partial charge in [-0.25, -0.2) is 4.39 Å². The second-order valence-electron chi connectivity index (χ2n) is 4.03. The Labute approximate surface area is 90.1 Å². The Balaban J connectivity index is 3.25. The van der Waals surface area contributed by atoms with Crippen LogP contribution in [-0.2, 0) is 16.4 Å². The van der Waals surface area contributed by atoms with Crippen molar-refractivity contribution in [1.82, 2.24) is 0 Å². The van der Waals surface area contributed by atoms with Gasteiger partial charge in [0.2, 0.25) is 0 Å². The normalized spacial score (nSPS) is 12.6. The third kappa shape index (κ3) is 2.40. The van der Waals surface area contributed by atoms with Gasteiger partial charge in [0.15, 0.2) is 0 Å². The van der Waals surface area contributed by atoms with E-state index in [-0.39, 0.29) is 5.56 Å². The Morgan fingerprint density at radius 2 is 1.75 bits per heavy atom. The first-order valence-corrected chi connectivity index (χ1v) is 4.52. The van der Waals surface area contributed by atoms with Crippen molar-refractivity contribution in [2.75, 3.05) is 0 Å². The number of halogens is 4. The Morgan fingerprint density at radius 3 is 2.12 bits per heavy atom. The molecule has 0 fully saturated rings. The molecule has 1 rings (SSSR count). The number of alkyl halides is 3. The highest BCUT2D eigenvalue weighted by Gasteiger charge is 2.32. The van der Waals surface area contributed by atoms with Gasteiger partial charge in [0.05, 0.1) is 5.56 Å². The molecule has 88 valence electrons. The van der Waals surface area contributed by atoms with Crippen LogP contribution < -0.4 is 0 Å². The molecule has 0 unspecified atom stereocenters. The van der Waals surface area contributed by atoms with Crippen molar-refractivity contribution in [3.05, 3.63) is 35.1 Å². The van der Waals surface area contributed by atoms with E-state index in [1.54, 1.807) is 0 Å². The molecule has 5 heteroatoms. The van der Waals surface area contributed by atoms with Crippen molar-refractivity contribution < 1.29 is 22.4 Å². The molecular formula is C11H10F4O. The summed E-state index contributed by atoms with van der Waals surface area (Å²) in [5.41, 5.74) is -2.24. The second-order valence-corrected chi connectivity index (χ2v) is 4.03. The van der Waals surface area contributed by atoms with Crippen molar-refractivity contribution in [1.29, 1.82) is 0 Å². The fourth-order valence-corrected chi connectivity index (χ4v) is 1.28. The molecule has 0 amide bonds. The van der Waals surface area contributed by atoms with Gasteiger partial charge < -0.3 is 4.79 Å². The fraction of sp³-hybridized carbons (Fsp3) is 0.364. The SMILES string of the molecule is CC(C)(C=O)c1ccc(C(F)(F)F)cc1F. The maximum Gasteiger partial charge on any atom is 0.416 e. The van der Waals surface area contributed by atoms with Gasteiger partial charge in [-0.15, -0.1) is 0 Å². The van der Waals surface area contributed by atoms with Gasteiger partial charge in [-0.2, -0.15) is 13.2 Å². The summed E-state index contributed by atoms with van der Waals surface area (Å²) in [5, 5.41) is 0. The summed E-state index contributed by atoms with van der Waals surface area (Å²) in [4.78, 5) is 10.7. The van der Waals surface area contributed by atoms with Crippen LogP contribution in [0.4, 0.5) is 17.6 Å². The minimum absolute atomic E-state index is 0.0458. The summed E-state index contributed by atoms with van der Waals surface area (Å²) in [7, 11) is 0. The average Bonchev–Trinajstić information content (AvgIpc) is 2.16. The number of hydrogen-bond acceptors (Lipinski definition) is 1. The van der Waals surface area contributed by atoms with Gasteiger partial charge in [0.25, 0.3) is 0 Å². The van der Waals surface area contributed by atoms with E-state index in [4.69, 9.17) is 0 Å². The Kier molecular flexibility index (Phi) is 3.08. The van der Waals surface area contributed by atoms with Crippen LogP contribution in [0.3, 0.4) is 0 Å². The molecule has 0 saturated carbocycles. The van der Waals surface area contributed by atoms with E-state index in [9.17, 15) is 22.4 Å². The highest BCUT2D eigenvalue weighted by Crippen LogP contribution is 2.32. The first-order valence-electron chi connectivity index (χ1n) is 4.52. The van der Waals surface area contributed by atoms with E-state index in [2.05, 4.69) is 0 Å². The van der Waals surface area contributed by atoms with Crippen molar-refractivity contribution in [3.8, 4) is 0 Å². The van der Waals surface area contributed by atoms with Crippen LogP contribution in [0.1, 0.15) is 25.0 Å². The lowest BCUT2D eigenvalue weighted by Gasteiger charge is -2.19. The number of carbonyl (C=O) groups is 1. The van der Waals surface area contributed by atoms with E-state index in [0.29, 0.717) is 12.4 Å². The Morgan fingerprint density at radius 1 is 1.19 bits per heavy atom. The summed E-state index contributed by atoms with van der Waals surface area (Å²) in [5.74, 6) is -1.02. The van der Waals surface area contributed by atoms with Gasteiger partial charge in [-0.05, 0) is 26.0 Å². The van der Waals surface area contributed by atoms with E-state index in [1.165, 1.54) is 13.8 Å². The molecule has 0 aliphatic rings. The molecule has 0 saturated heterocycles. The molecule has 1 aromatic rings. The van der Waals surface area contributed by atoms with Crippen LogP contribution in [0, 0.1) is 5.82 Å². The average molecular weight is 234 g/mol. The molecule has 0 aliphatic carbocycles. The minimum Gasteiger partial charge on any atom is -0.302 e. The molecule has 0 aliphatic heterocycles. The number of aldehydes is 1. The second kappa shape index (κ2) is 3.88. The molecule has 0 bridgehead atoms. The zero-order valence-electron chi connectivity index (χ0n) is 8.73. The van der Waals surface area contributed by atoms with E-state index in [1.807, 2.05) is 0 Å². The fourth-order valence-electron chi connectivity index (χ4n) is 1.28. The minimum atomic E-state index is -4.58. The Bertz CT molecular complexity index is 407. The molecule has 0 N–H and O–H groups in total. The molecule has 0 spiro atoms. The predicted molar refractivity (Wildman–Crippen MR) is 50.5 cm³/mol. The van der Waals surface area contributed by atoms with E-state index in [0.717, 1.165) is 12.1 Å². The van der Waals surface area contributed by atoms with Crippen molar-refractivity contribution in [2.24, 2.45) is 0 Å². The summed E-state index contributed by atoms with van der Waals surface area (Å²) in [6.45, 7) is 2.87. The molecule has 16 heavy (non-hydrogen) atoms. The summed E-state index contributed by atoms with van der Waals surface area (Å²) in [6, 6.07) is 2.16. The van der Waals surface area contributed by atoms with Crippen molar-refractivity contribution in [2.45, 2.75) is 25.4 Å². The van der Waals surface area contributed by atoms with Gasteiger partial charge in [0.1, 0.15) is 12.1 Å². The summed E-state index contributed by atoms with van der Waals surface area (Å²) >= 11 is 0. The highest BCUT2D eigenvalue weighted by molar-refractivity contribution is 5.67. The maximum atomic E-state index is 13.4. The lowest BCUT2D eigenvalue weighted by atomic mass is 9.85. The topological polar surface area (TPSA) is 17.1 Å². The highest BCUT2D eigenvalue weighted by atomic mass is 19.4. The first-order chi connectivity index (χ1) is 7.18. The van der Waals surface area contributed by atoms with Crippen LogP contribution >= 0.6 is 0 Å². The zero-order valence-corrected chi connectivity index (χ0v) is 8.73. The molecule has 1 aromatic carbocycles. The van der Waals surface area contributed by atoms with Crippen molar-refractivity contribution in [3.63, 3.8) is 0 Å². The lowest BCUT2D eigenvalue weighted by Crippen LogP contribution is -2.21. The summed E-state index contributed by atoms with van der Waals surface area (Å²) in [6.07, 6.45) is -4.08. The standard InChI is InChI=1S/C11H10F4O/c1-10(2,6-16)8-4-3-7(5-9(8)12)11(13,14)15/h3-6H,1-2H3. The van der Waals surface area contributed by atoms with Crippen LogP contribution in [-0.4, -0.2) is 6.29 Å². The smallest absolute Gasteiger partial charge is 0.302 e. The third-order valence-corrected chi connectivity index (χ3v) is 2.29. The predicted octanol–water partition coefficient (Wildman–Crippen LogP) is 3.32. The van der Waals surface area contributed by atoms with Gasteiger partial charge >= 0.3 is 6.18 Å². The molecule has 0 aromatic heterocycles. The van der Waals surface area contributed by atoms with Gasteiger partial charge in [-0.3, -0.25) is 0 Å². The number of rotatable bonds is 2. The van der Waals surface area contributed by atoms with Crippen LogP contribution in [0.25, 0.3) is 0 Å². The van der Waals surface area contributed by atoms with Crippen LogP contribution in [0.5, 0.6) is 0 Å². The molecule has 0 heterocycles. The summed E-state index contributed by atoms with van der Waals surface area (Å²) < 4.78 is 50.1. The van der Waals surface area contributed by atoms with E-state index >= 15 is 0 Å². The molecule has 1 nitrogen and oxygen atoms in total. The maximum absolute atomic E-state index is 13.4. The van der Waals surface area contributed by atoms with Crippen LogP contribution in [0.2, 0.25) is 0 Å². The monoisotopic (exact) mass is 234 g/mol. The van der Waals surface area contributed by atoms with Gasteiger partial charge in [-0.1, -0.05) is 6.07 Å². The molecule has 0 radical (unpaired) electrons. The molecule has 0 atom stereocenters. The Hall–Kier alpha value is -1.39. The molecular weight excluding hydrogens is 224 g/mol. The first kappa shape index (κ1) is 12.7. The third-order valence-electron chi connectivity index (χ3n) is 2.29. The number of carbonyl (C=O) groups excluding carboxylic acids is 1. The van der Waals surface area contributed by atoms with Gasteiger partial charge in [0, 0.05) is 11.0 Å². The van der Waals surface area contributed by atoms with Crippen molar-refractivity contribution >= 4 is 6.29 Å². The largest absolute Gasteiger partial charge is 0.416 e. The lowest BCUT2D eigenvalue weighted by molar-refractivity contribution is -0.137. The quantitative estimate of drug-likeness (QED) is 0.566. The number of benzene rings is 1. The zero-order chi connectivity index (χ0) is 12.6. The van der Waals surface area contributed by atoms with Crippen LogP contribution in [0.15, 0.2) is 18.2 Å². The number of hydrogen-bond donors (Lipinski definition) is 0. The van der Waals surface area contributed by atoms with E-state index < -0.39 is 23.0 Å².